The fourth-order valence-corrected chi connectivity index (χ4v) is 2.84. The Morgan fingerprint density at radius 1 is 1.44 bits per heavy atom. The van der Waals surface area contributed by atoms with E-state index >= 15 is 0 Å². The highest BCUT2D eigenvalue weighted by molar-refractivity contribution is 9.09. The average Bonchev–Trinajstić information content (AvgIpc) is 2.72. The van der Waals surface area contributed by atoms with E-state index in [-0.39, 0.29) is 4.83 Å². The summed E-state index contributed by atoms with van der Waals surface area (Å²) in [4.78, 5) is 2.78. The minimum absolute atomic E-state index is 0.204. The Balaban J connectivity index is 2.26. The van der Waals surface area contributed by atoms with Crippen molar-refractivity contribution in [3.05, 3.63) is 21.9 Å². The van der Waals surface area contributed by atoms with Crippen LogP contribution >= 0.6 is 27.3 Å². The number of rotatable bonds is 7. The molecule has 0 saturated heterocycles. The standard InChI is InChI=1S/C11H15BrF2OS/c1-2-8-3-4-10(16-8)9(12)5-6-15-7-11(13)14/h3-4,9,11H,2,5-7H2,1H3. The van der Waals surface area contributed by atoms with Crippen LogP contribution < -0.4 is 0 Å². The molecule has 0 aliphatic heterocycles. The van der Waals surface area contributed by atoms with E-state index < -0.39 is 13.0 Å². The summed E-state index contributed by atoms with van der Waals surface area (Å²) in [5, 5.41) is 0. The Hall–Kier alpha value is -0.0000000000000000555. The van der Waals surface area contributed by atoms with E-state index in [9.17, 15) is 8.78 Å². The molecule has 1 unspecified atom stereocenters. The maximum atomic E-state index is 11.8. The molecule has 1 atom stereocenters. The summed E-state index contributed by atoms with van der Waals surface area (Å²) >= 11 is 5.29. The number of thiophene rings is 1. The average molecular weight is 313 g/mol. The molecule has 0 aromatic carbocycles. The zero-order chi connectivity index (χ0) is 12.0. The van der Waals surface area contributed by atoms with E-state index in [2.05, 4.69) is 35.0 Å². The van der Waals surface area contributed by atoms with E-state index in [1.807, 2.05) is 0 Å². The molecule has 0 aliphatic carbocycles. The van der Waals surface area contributed by atoms with Gasteiger partial charge in [-0.15, -0.1) is 11.3 Å². The number of alkyl halides is 3. The van der Waals surface area contributed by atoms with E-state index in [0.717, 1.165) is 12.8 Å². The monoisotopic (exact) mass is 312 g/mol. The van der Waals surface area contributed by atoms with Gasteiger partial charge in [-0.25, -0.2) is 8.78 Å². The largest absolute Gasteiger partial charge is 0.375 e. The lowest BCUT2D eigenvalue weighted by Gasteiger charge is -2.08. The molecule has 0 spiro atoms. The van der Waals surface area contributed by atoms with Gasteiger partial charge in [0.05, 0.1) is 4.83 Å². The fraction of sp³-hybridized carbons (Fsp3) is 0.636. The van der Waals surface area contributed by atoms with Gasteiger partial charge in [-0.05, 0) is 25.0 Å². The first kappa shape index (κ1) is 14.1. The van der Waals surface area contributed by atoms with Crippen molar-refractivity contribution in [2.45, 2.75) is 31.0 Å². The number of aryl methyl sites for hydroxylation is 1. The summed E-state index contributed by atoms with van der Waals surface area (Å²) in [5.74, 6) is 0. The van der Waals surface area contributed by atoms with Crippen molar-refractivity contribution in [3.8, 4) is 0 Å². The lowest BCUT2D eigenvalue weighted by atomic mass is 10.2. The van der Waals surface area contributed by atoms with Gasteiger partial charge in [-0.3, -0.25) is 0 Å². The second-order valence-corrected chi connectivity index (χ2v) is 5.69. The minimum atomic E-state index is -2.37. The molecular weight excluding hydrogens is 298 g/mol. The number of hydrogen-bond donors (Lipinski definition) is 0. The van der Waals surface area contributed by atoms with Crippen LogP contribution in [0, 0.1) is 0 Å². The van der Waals surface area contributed by atoms with Gasteiger partial charge in [0.15, 0.2) is 0 Å². The molecule has 1 aromatic rings. The first-order valence-corrected chi connectivity index (χ1v) is 6.95. The van der Waals surface area contributed by atoms with Gasteiger partial charge in [-0.2, -0.15) is 0 Å². The summed E-state index contributed by atoms with van der Waals surface area (Å²) in [6.07, 6.45) is -0.620. The summed E-state index contributed by atoms with van der Waals surface area (Å²) in [6, 6.07) is 4.18. The molecule has 1 rings (SSSR count). The van der Waals surface area contributed by atoms with Crippen LogP contribution in [0.3, 0.4) is 0 Å². The van der Waals surface area contributed by atoms with Crippen LogP contribution in [0.15, 0.2) is 12.1 Å². The van der Waals surface area contributed by atoms with Crippen molar-refractivity contribution in [2.75, 3.05) is 13.2 Å². The molecule has 5 heteroatoms. The fourth-order valence-electron chi connectivity index (χ4n) is 1.25. The van der Waals surface area contributed by atoms with Crippen LogP contribution in [-0.2, 0) is 11.2 Å². The maximum absolute atomic E-state index is 11.8. The molecule has 0 fully saturated rings. The van der Waals surface area contributed by atoms with Crippen molar-refractivity contribution in [3.63, 3.8) is 0 Å². The molecule has 0 aliphatic rings. The van der Waals surface area contributed by atoms with E-state index in [0.29, 0.717) is 6.61 Å². The molecule has 0 radical (unpaired) electrons. The van der Waals surface area contributed by atoms with Crippen LogP contribution in [-0.4, -0.2) is 19.6 Å². The normalized spacial score (nSPS) is 13.3. The van der Waals surface area contributed by atoms with Crippen molar-refractivity contribution >= 4 is 27.3 Å². The molecule has 0 bridgehead atoms. The highest BCUT2D eigenvalue weighted by Gasteiger charge is 2.10. The zero-order valence-corrected chi connectivity index (χ0v) is 11.5. The highest BCUT2D eigenvalue weighted by atomic mass is 79.9. The third-order valence-electron chi connectivity index (χ3n) is 2.10. The van der Waals surface area contributed by atoms with Gasteiger partial charge in [0.25, 0.3) is 6.43 Å². The van der Waals surface area contributed by atoms with E-state index in [4.69, 9.17) is 4.74 Å². The lowest BCUT2D eigenvalue weighted by Crippen LogP contribution is -2.06. The number of halogens is 3. The second kappa shape index (κ2) is 7.35. The number of ether oxygens (including phenoxy) is 1. The molecule has 0 N–H and O–H groups in total. The summed E-state index contributed by atoms with van der Waals surface area (Å²) in [5.41, 5.74) is 0. The van der Waals surface area contributed by atoms with Crippen LogP contribution in [0.1, 0.15) is 27.9 Å². The first-order valence-electron chi connectivity index (χ1n) is 5.22. The quantitative estimate of drug-likeness (QED) is 0.535. The predicted octanol–water partition coefficient (Wildman–Crippen LogP) is 4.42. The van der Waals surface area contributed by atoms with Crippen molar-refractivity contribution in [2.24, 2.45) is 0 Å². The smallest absolute Gasteiger partial charge is 0.261 e. The molecule has 1 heterocycles. The van der Waals surface area contributed by atoms with Crippen molar-refractivity contribution in [1.82, 2.24) is 0 Å². The first-order chi connectivity index (χ1) is 7.63. The maximum Gasteiger partial charge on any atom is 0.261 e. The summed E-state index contributed by atoms with van der Waals surface area (Å²) in [7, 11) is 0. The zero-order valence-electron chi connectivity index (χ0n) is 9.09. The van der Waals surface area contributed by atoms with E-state index in [1.54, 1.807) is 11.3 Å². The molecule has 0 amide bonds. The Labute approximate surface area is 107 Å². The van der Waals surface area contributed by atoms with Crippen molar-refractivity contribution in [1.29, 1.82) is 0 Å². The molecule has 0 saturated carbocycles. The van der Waals surface area contributed by atoms with Gasteiger partial charge < -0.3 is 4.74 Å². The van der Waals surface area contributed by atoms with E-state index in [1.165, 1.54) is 9.75 Å². The molecule has 1 nitrogen and oxygen atoms in total. The van der Waals surface area contributed by atoms with Crippen LogP contribution in [0.5, 0.6) is 0 Å². The van der Waals surface area contributed by atoms with Crippen LogP contribution in [0.25, 0.3) is 0 Å². The summed E-state index contributed by atoms with van der Waals surface area (Å²) < 4.78 is 28.4. The minimum Gasteiger partial charge on any atom is -0.375 e. The molecule has 16 heavy (non-hydrogen) atoms. The molecule has 92 valence electrons. The summed E-state index contributed by atoms with van der Waals surface area (Å²) in [6.45, 7) is 2.01. The Morgan fingerprint density at radius 3 is 2.75 bits per heavy atom. The van der Waals surface area contributed by atoms with Gasteiger partial charge >= 0.3 is 0 Å². The van der Waals surface area contributed by atoms with Gasteiger partial charge in [0.1, 0.15) is 6.61 Å². The second-order valence-electron chi connectivity index (χ2n) is 3.38. The lowest BCUT2D eigenvalue weighted by molar-refractivity contribution is 0.0168. The Morgan fingerprint density at radius 2 is 2.19 bits per heavy atom. The Bertz CT molecular complexity index is 304. The van der Waals surface area contributed by atoms with Gasteiger partial charge in [0, 0.05) is 16.4 Å². The van der Waals surface area contributed by atoms with Gasteiger partial charge in [0.2, 0.25) is 0 Å². The number of hydrogen-bond acceptors (Lipinski definition) is 2. The molecular formula is C11H15BrF2OS. The predicted molar refractivity (Wildman–Crippen MR) is 66.8 cm³/mol. The van der Waals surface area contributed by atoms with Crippen LogP contribution in [0.4, 0.5) is 8.78 Å². The Kier molecular flexibility index (Phi) is 6.46. The third-order valence-corrected chi connectivity index (χ3v) is 4.70. The molecule has 1 aromatic heterocycles. The third kappa shape index (κ3) is 4.89. The van der Waals surface area contributed by atoms with Crippen LogP contribution in [0.2, 0.25) is 0 Å². The van der Waals surface area contributed by atoms with Crippen molar-refractivity contribution < 1.29 is 13.5 Å². The van der Waals surface area contributed by atoms with Gasteiger partial charge in [-0.1, -0.05) is 22.9 Å². The highest BCUT2D eigenvalue weighted by Crippen LogP contribution is 2.32. The SMILES string of the molecule is CCc1ccc(C(Br)CCOCC(F)F)s1. The topological polar surface area (TPSA) is 9.23 Å².